The number of rotatable bonds is 5. The van der Waals surface area contributed by atoms with Crippen LogP contribution in [0.25, 0.3) is 0 Å². The van der Waals surface area contributed by atoms with E-state index in [1.165, 1.54) is 0 Å². The molecule has 0 spiro atoms. The number of hydrogen-bond acceptors (Lipinski definition) is 3. The Kier molecular flexibility index (Phi) is 4.34. The van der Waals surface area contributed by atoms with Crippen LogP contribution in [0.15, 0.2) is 18.2 Å². The summed E-state index contributed by atoms with van der Waals surface area (Å²) in [7, 11) is -1.61. The minimum Gasteiger partial charge on any atom is -0.497 e. The van der Waals surface area contributed by atoms with Crippen LogP contribution in [0.2, 0.25) is 0 Å². The predicted molar refractivity (Wildman–Crippen MR) is 77.4 cm³/mol. The van der Waals surface area contributed by atoms with Crippen molar-refractivity contribution in [2.45, 2.75) is 32.6 Å². The van der Waals surface area contributed by atoms with E-state index in [4.69, 9.17) is 4.74 Å². The number of sulfonamides is 1. The van der Waals surface area contributed by atoms with E-state index in [1.54, 1.807) is 11.4 Å². The summed E-state index contributed by atoms with van der Waals surface area (Å²) in [5.41, 5.74) is 1.88. The van der Waals surface area contributed by atoms with E-state index < -0.39 is 10.0 Å². The second kappa shape index (κ2) is 5.82. The van der Waals surface area contributed by atoms with Gasteiger partial charge in [-0.1, -0.05) is 19.4 Å². The Labute approximate surface area is 115 Å². The maximum atomic E-state index is 12.4. The van der Waals surface area contributed by atoms with E-state index in [0.29, 0.717) is 18.7 Å². The SMILES string of the molecule is CCCCS(=O)(=O)N1CCCc2ccc(OC)cc21. The molecule has 0 radical (unpaired) electrons. The summed E-state index contributed by atoms with van der Waals surface area (Å²) in [4.78, 5) is 0. The highest BCUT2D eigenvalue weighted by molar-refractivity contribution is 7.92. The van der Waals surface area contributed by atoms with Gasteiger partial charge >= 0.3 is 0 Å². The number of aryl methyl sites for hydroxylation is 1. The van der Waals surface area contributed by atoms with E-state index in [0.717, 1.165) is 30.5 Å². The Balaban J connectivity index is 2.35. The predicted octanol–water partition coefficient (Wildman–Crippen LogP) is 2.58. The van der Waals surface area contributed by atoms with Crippen LogP contribution in [0, 0.1) is 0 Å². The molecule has 0 amide bonds. The van der Waals surface area contributed by atoms with Crippen LogP contribution in [-0.2, 0) is 16.4 Å². The Morgan fingerprint density at radius 3 is 2.84 bits per heavy atom. The molecule has 0 aliphatic carbocycles. The number of benzene rings is 1. The van der Waals surface area contributed by atoms with E-state index in [2.05, 4.69) is 0 Å². The molecule has 1 aromatic carbocycles. The highest BCUT2D eigenvalue weighted by Gasteiger charge is 2.27. The molecule has 106 valence electrons. The van der Waals surface area contributed by atoms with E-state index in [-0.39, 0.29) is 5.75 Å². The van der Waals surface area contributed by atoms with Crippen molar-refractivity contribution in [3.05, 3.63) is 23.8 Å². The molecule has 0 bridgehead atoms. The molecule has 4 nitrogen and oxygen atoms in total. The monoisotopic (exact) mass is 283 g/mol. The van der Waals surface area contributed by atoms with Gasteiger partial charge in [0.2, 0.25) is 10.0 Å². The molecule has 19 heavy (non-hydrogen) atoms. The average Bonchev–Trinajstić information content (AvgIpc) is 2.43. The molecule has 1 aliphatic heterocycles. The Morgan fingerprint density at radius 1 is 1.37 bits per heavy atom. The van der Waals surface area contributed by atoms with Gasteiger partial charge < -0.3 is 4.74 Å². The van der Waals surface area contributed by atoms with Crippen LogP contribution in [0.4, 0.5) is 5.69 Å². The zero-order valence-electron chi connectivity index (χ0n) is 11.6. The van der Waals surface area contributed by atoms with Gasteiger partial charge in [0.1, 0.15) is 5.75 Å². The van der Waals surface area contributed by atoms with Gasteiger partial charge in [0.15, 0.2) is 0 Å². The third-order valence-corrected chi connectivity index (χ3v) is 5.32. The van der Waals surface area contributed by atoms with Crippen LogP contribution in [0.5, 0.6) is 5.75 Å². The Hall–Kier alpha value is -1.23. The van der Waals surface area contributed by atoms with Crippen molar-refractivity contribution in [2.24, 2.45) is 0 Å². The third kappa shape index (κ3) is 3.03. The van der Waals surface area contributed by atoms with Gasteiger partial charge in [-0.25, -0.2) is 8.42 Å². The second-order valence-electron chi connectivity index (χ2n) is 4.84. The van der Waals surface area contributed by atoms with Crippen molar-refractivity contribution in [1.29, 1.82) is 0 Å². The zero-order valence-corrected chi connectivity index (χ0v) is 12.4. The summed E-state index contributed by atoms with van der Waals surface area (Å²) in [6.45, 7) is 2.58. The number of ether oxygens (including phenoxy) is 1. The first kappa shape index (κ1) is 14.2. The average molecular weight is 283 g/mol. The highest BCUT2D eigenvalue weighted by Crippen LogP contribution is 2.33. The fraction of sp³-hybridized carbons (Fsp3) is 0.571. The van der Waals surface area contributed by atoms with Crippen molar-refractivity contribution < 1.29 is 13.2 Å². The fourth-order valence-corrected chi connectivity index (χ4v) is 4.12. The van der Waals surface area contributed by atoms with E-state index in [1.807, 2.05) is 25.1 Å². The first-order chi connectivity index (χ1) is 9.08. The van der Waals surface area contributed by atoms with Crippen molar-refractivity contribution >= 4 is 15.7 Å². The smallest absolute Gasteiger partial charge is 0.235 e. The number of methoxy groups -OCH3 is 1. The van der Waals surface area contributed by atoms with Crippen LogP contribution in [0.3, 0.4) is 0 Å². The molecule has 0 aromatic heterocycles. The third-order valence-electron chi connectivity index (χ3n) is 3.46. The van der Waals surface area contributed by atoms with E-state index >= 15 is 0 Å². The molecule has 0 saturated heterocycles. The maximum Gasteiger partial charge on any atom is 0.235 e. The van der Waals surface area contributed by atoms with Gasteiger partial charge in [0, 0.05) is 12.6 Å². The quantitative estimate of drug-likeness (QED) is 0.834. The van der Waals surface area contributed by atoms with Crippen molar-refractivity contribution in [1.82, 2.24) is 0 Å². The van der Waals surface area contributed by atoms with Crippen LogP contribution < -0.4 is 9.04 Å². The lowest BCUT2D eigenvalue weighted by molar-refractivity contribution is 0.414. The molecule has 1 aromatic rings. The number of anilines is 1. The lowest BCUT2D eigenvalue weighted by Gasteiger charge is -2.30. The summed E-state index contributed by atoms with van der Waals surface area (Å²) in [6, 6.07) is 5.69. The molecule has 0 N–H and O–H groups in total. The van der Waals surface area contributed by atoms with Crippen molar-refractivity contribution in [3.63, 3.8) is 0 Å². The Morgan fingerprint density at radius 2 is 2.16 bits per heavy atom. The number of fused-ring (bicyclic) bond motifs is 1. The van der Waals surface area contributed by atoms with Gasteiger partial charge in [-0.3, -0.25) is 4.31 Å². The minimum absolute atomic E-state index is 0.222. The molecule has 0 saturated carbocycles. The molecule has 0 unspecified atom stereocenters. The molecule has 1 aliphatic rings. The maximum absolute atomic E-state index is 12.4. The van der Waals surface area contributed by atoms with Crippen LogP contribution in [-0.4, -0.2) is 27.8 Å². The van der Waals surface area contributed by atoms with Crippen LogP contribution in [0.1, 0.15) is 31.7 Å². The van der Waals surface area contributed by atoms with Gasteiger partial charge in [0.05, 0.1) is 18.6 Å². The molecular formula is C14H21NO3S. The first-order valence-corrected chi connectivity index (χ1v) is 8.36. The minimum atomic E-state index is -3.21. The summed E-state index contributed by atoms with van der Waals surface area (Å²) >= 11 is 0. The molecule has 0 fully saturated rings. The summed E-state index contributed by atoms with van der Waals surface area (Å²) in [6.07, 6.45) is 3.40. The van der Waals surface area contributed by atoms with Gasteiger partial charge in [-0.2, -0.15) is 0 Å². The summed E-state index contributed by atoms with van der Waals surface area (Å²) in [5.74, 6) is 0.927. The number of hydrogen-bond donors (Lipinski definition) is 0. The normalized spacial score (nSPS) is 15.2. The second-order valence-corrected chi connectivity index (χ2v) is 6.85. The summed E-state index contributed by atoms with van der Waals surface area (Å²) in [5, 5.41) is 0. The zero-order chi connectivity index (χ0) is 13.9. The van der Waals surface area contributed by atoms with Gasteiger partial charge in [0.25, 0.3) is 0 Å². The lowest BCUT2D eigenvalue weighted by atomic mass is 10.0. The lowest BCUT2D eigenvalue weighted by Crippen LogP contribution is -2.37. The first-order valence-electron chi connectivity index (χ1n) is 6.76. The van der Waals surface area contributed by atoms with Gasteiger partial charge in [-0.15, -0.1) is 0 Å². The van der Waals surface area contributed by atoms with Crippen molar-refractivity contribution in [3.8, 4) is 5.75 Å². The largest absolute Gasteiger partial charge is 0.497 e. The van der Waals surface area contributed by atoms with Gasteiger partial charge in [-0.05, 0) is 30.9 Å². The molecule has 5 heteroatoms. The Bertz CT molecular complexity index is 540. The summed E-state index contributed by atoms with van der Waals surface area (Å²) < 4.78 is 31.5. The van der Waals surface area contributed by atoms with Crippen molar-refractivity contribution in [2.75, 3.05) is 23.7 Å². The molecule has 1 heterocycles. The number of unbranched alkanes of at least 4 members (excludes halogenated alkanes) is 1. The standard InChI is InChI=1S/C14H21NO3S/c1-3-4-10-19(16,17)15-9-5-6-12-7-8-13(18-2)11-14(12)15/h7-8,11H,3-6,9-10H2,1-2H3. The number of nitrogens with zero attached hydrogens (tertiary/aromatic N) is 1. The topological polar surface area (TPSA) is 46.6 Å². The van der Waals surface area contributed by atoms with Crippen LogP contribution >= 0.6 is 0 Å². The fourth-order valence-electron chi connectivity index (χ4n) is 2.37. The molecule has 2 rings (SSSR count). The molecular weight excluding hydrogens is 262 g/mol. The molecule has 0 atom stereocenters. The van der Waals surface area contributed by atoms with E-state index in [9.17, 15) is 8.42 Å². The highest BCUT2D eigenvalue weighted by atomic mass is 32.2.